The Morgan fingerprint density at radius 3 is 2.17 bits per heavy atom. The molecule has 1 fully saturated rings. The van der Waals surface area contributed by atoms with E-state index in [2.05, 4.69) is 21.6 Å². The zero-order valence-corrected chi connectivity index (χ0v) is 21.8. The molecule has 190 valence electrons. The van der Waals surface area contributed by atoms with Gasteiger partial charge in [-0.3, -0.25) is 4.90 Å². The second-order valence-electron chi connectivity index (χ2n) is 9.25. The Morgan fingerprint density at radius 1 is 0.806 bits per heavy atom. The summed E-state index contributed by atoms with van der Waals surface area (Å²) in [6, 6.07) is 20.5. The van der Waals surface area contributed by atoms with Gasteiger partial charge in [-0.2, -0.15) is 0 Å². The summed E-state index contributed by atoms with van der Waals surface area (Å²) < 4.78 is 8.18. The zero-order valence-electron chi connectivity index (χ0n) is 20.2. The fraction of sp³-hybridized carbons (Fsp3) is 0.310. The zero-order chi connectivity index (χ0) is 24.2. The van der Waals surface area contributed by atoms with Crippen LogP contribution in [0.2, 0.25) is 5.02 Å². The average molecular weight is 527 g/mol. The summed E-state index contributed by atoms with van der Waals surface area (Å²) in [5.74, 6) is 1.26. The normalized spacial score (nSPS) is 14.4. The highest BCUT2D eigenvalue weighted by atomic mass is 35.5. The Hall–Kier alpha value is -2.86. The molecule has 2 N–H and O–H groups in total. The Bertz CT molecular complexity index is 1280. The second kappa shape index (κ2) is 11.9. The van der Waals surface area contributed by atoms with E-state index in [0.717, 1.165) is 40.0 Å². The largest absolute Gasteiger partial charge is 0.508 e. The lowest BCUT2D eigenvalue weighted by atomic mass is 10.1. The van der Waals surface area contributed by atoms with Crippen LogP contribution < -0.4 is 4.74 Å². The van der Waals surface area contributed by atoms with Crippen LogP contribution in [0.3, 0.4) is 0 Å². The van der Waals surface area contributed by atoms with Crippen LogP contribution in [0.5, 0.6) is 17.2 Å². The molecule has 3 aromatic carbocycles. The summed E-state index contributed by atoms with van der Waals surface area (Å²) in [5.41, 5.74) is 3.81. The topological polar surface area (TPSA) is 57.9 Å². The first kappa shape index (κ1) is 26.2. The molecule has 5 rings (SSSR count). The van der Waals surface area contributed by atoms with E-state index in [-0.39, 0.29) is 23.9 Å². The summed E-state index contributed by atoms with van der Waals surface area (Å²) in [6.45, 7) is 4.63. The van der Waals surface area contributed by atoms with Gasteiger partial charge in [0.05, 0.1) is 16.2 Å². The monoisotopic (exact) mass is 526 g/mol. The Balaban J connectivity index is 0.00000304. The van der Waals surface area contributed by atoms with Crippen LogP contribution in [-0.4, -0.2) is 45.9 Å². The summed E-state index contributed by atoms with van der Waals surface area (Å²) in [4.78, 5) is 2.50. The van der Waals surface area contributed by atoms with Crippen molar-refractivity contribution < 1.29 is 14.9 Å². The minimum atomic E-state index is 0. The number of nitrogens with zero attached hydrogens (tertiary/aromatic N) is 2. The fourth-order valence-electron chi connectivity index (χ4n) is 4.89. The molecule has 4 aromatic rings. The van der Waals surface area contributed by atoms with Crippen molar-refractivity contribution in [3.05, 3.63) is 77.3 Å². The quantitative estimate of drug-likeness (QED) is 0.269. The number of phenolic OH excluding ortho intramolecular Hbond substituents is 2. The Morgan fingerprint density at radius 2 is 1.47 bits per heavy atom. The minimum absolute atomic E-state index is 0. The van der Waals surface area contributed by atoms with Crippen LogP contribution in [0.15, 0.2) is 66.7 Å². The highest BCUT2D eigenvalue weighted by molar-refractivity contribution is 6.38. The summed E-state index contributed by atoms with van der Waals surface area (Å²) in [5, 5.41) is 21.1. The lowest BCUT2D eigenvalue weighted by molar-refractivity contribution is 0.214. The number of hydrogen-bond acceptors (Lipinski definition) is 4. The maximum atomic E-state index is 10.0. The van der Waals surface area contributed by atoms with Crippen molar-refractivity contribution in [1.82, 2.24) is 9.47 Å². The third kappa shape index (κ3) is 5.92. The molecule has 1 saturated heterocycles. The molecule has 0 atom stereocenters. The smallest absolute Gasteiger partial charge is 0.119 e. The van der Waals surface area contributed by atoms with E-state index in [4.69, 9.17) is 16.3 Å². The lowest BCUT2D eigenvalue weighted by Crippen LogP contribution is -2.29. The maximum absolute atomic E-state index is 10.0. The van der Waals surface area contributed by atoms with E-state index in [0.29, 0.717) is 18.2 Å². The van der Waals surface area contributed by atoms with Crippen molar-refractivity contribution in [3.63, 3.8) is 0 Å². The molecule has 36 heavy (non-hydrogen) atoms. The van der Waals surface area contributed by atoms with Gasteiger partial charge in [-0.25, -0.2) is 0 Å². The molecule has 0 amide bonds. The van der Waals surface area contributed by atoms with Crippen LogP contribution >= 0.6 is 24.0 Å². The second-order valence-corrected chi connectivity index (χ2v) is 9.62. The summed E-state index contributed by atoms with van der Waals surface area (Å²) in [6.07, 6.45) is 5.27. The van der Waals surface area contributed by atoms with Crippen LogP contribution in [0, 0.1) is 0 Å². The molecular formula is C29H32Cl2N2O3. The Labute approximate surface area is 223 Å². The van der Waals surface area contributed by atoms with Crippen molar-refractivity contribution >= 4 is 34.9 Å². The first-order valence-electron chi connectivity index (χ1n) is 12.3. The maximum Gasteiger partial charge on any atom is 0.119 e. The molecule has 7 heteroatoms. The third-order valence-corrected chi connectivity index (χ3v) is 7.15. The SMILES string of the molecule is Cl.Oc1ccc(-c2c(Cl)c3cc(O)ccc3n2Cc2ccc(OCCN3CCCCCC3)cc2)cc1. The molecule has 0 aliphatic carbocycles. The molecule has 5 nitrogen and oxygen atoms in total. The number of hydrogen-bond donors (Lipinski definition) is 2. The molecule has 0 saturated carbocycles. The van der Waals surface area contributed by atoms with Gasteiger partial charge in [0.2, 0.25) is 0 Å². The van der Waals surface area contributed by atoms with E-state index in [1.165, 1.54) is 38.8 Å². The van der Waals surface area contributed by atoms with Crippen molar-refractivity contribution in [2.75, 3.05) is 26.2 Å². The third-order valence-electron chi connectivity index (χ3n) is 6.76. The first-order chi connectivity index (χ1) is 17.1. The first-order valence-corrected chi connectivity index (χ1v) is 12.7. The molecule has 0 bridgehead atoms. The Kier molecular flexibility index (Phi) is 8.68. The van der Waals surface area contributed by atoms with Crippen LogP contribution in [0.4, 0.5) is 0 Å². The number of phenols is 2. The number of likely N-dealkylation sites (tertiary alicyclic amines) is 1. The molecule has 0 unspecified atom stereocenters. The number of aromatic nitrogens is 1. The number of ether oxygens (including phenoxy) is 1. The predicted octanol–water partition coefficient (Wildman–Crippen LogP) is 7.10. The van der Waals surface area contributed by atoms with Gasteiger partial charge in [-0.1, -0.05) is 36.6 Å². The van der Waals surface area contributed by atoms with Gasteiger partial charge in [0.1, 0.15) is 23.9 Å². The van der Waals surface area contributed by atoms with E-state index >= 15 is 0 Å². The van der Waals surface area contributed by atoms with Gasteiger partial charge in [-0.15, -0.1) is 12.4 Å². The number of fused-ring (bicyclic) bond motifs is 1. The van der Waals surface area contributed by atoms with Gasteiger partial charge >= 0.3 is 0 Å². The van der Waals surface area contributed by atoms with Gasteiger partial charge in [0.25, 0.3) is 0 Å². The molecule has 2 heterocycles. The number of aromatic hydroxyl groups is 2. The van der Waals surface area contributed by atoms with E-state index in [9.17, 15) is 10.2 Å². The van der Waals surface area contributed by atoms with Crippen molar-refractivity contribution in [2.45, 2.75) is 32.2 Å². The molecule has 0 radical (unpaired) electrons. The van der Waals surface area contributed by atoms with E-state index in [1.807, 2.05) is 30.3 Å². The van der Waals surface area contributed by atoms with Crippen LogP contribution in [-0.2, 0) is 6.54 Å². The van der Waals surface area contributed by atoms with Crippen molar-refractivity contribution in [1.29, 1.82) is 0 Å². The van der Waals surface area contributed by atoms with E-state index < -0.39 is 0 Å². The summed E-state index contributed by atoms with van der Waals surface area (Å²) >= 11 is 6.81. The van der Waals surface area contributed by atoms with Gasteiger partial charge in [0.15, 0.2) is 0 Å². The molecular weight excluding hydrogens is 495 g/mol. The molecule has 1 aliphatic heterocycles. The van der Waals surface area contributed by atoms with E-state index in [1.54, 1.807) is 24.3 Å². The van der Waals surface area contributed by atoms with Gasteiger partial charge in [0, 0.05) is 18.5 Å². The number of rotatable bonds is 7. The van der Waals surface area contributed by atoms with Crippen molar-refractivity contribution in [3.8, 4) is 28.5 Å². The van der Waals surface area contributed by atoms with Crippen molar-refractivity contribution in [2.24, 2.45) is 0 Å². The molecule has 1 aromatic heterocycles. The van der Waals surface area contributed by atoms with Gasteiger partial charge in [-0.05, 0) is 91.7 Å². The number of benzene rings is 3. The fourth-order valence-corrected chi connectivity index (χ4v) is 5.26. The standard InChI is InChI=1S/C29H31ClN2O3.ClH/c30-28-26-19-24(34)11-14-27(26)32(29(28)22-7-9-23(33)10-8-22)20-21-5-12-25(13-6-21)35-18-17-31-15-3-1-2-4-16-31;/h5-14,19,33-34H,1-4,15-18,20H2;1H. The lowest BCUT2D eigenvalue weighted by Gasteiger charge is -2.19. The minimum Gasteiger partial charge on any atom is -0.508 e. The molecule has 1 aliphatic rings. The summed E-state index contributed by atoms with van der Waals surface area (Å²) in [7, 11) is 0. The van der Waals surface area contributed by atoms with Crippen LogP contribution in [0.1, 0.15) is 31.2 Å². The van der Waals surface area contributed by atoms with Gasteiger partial charge < -0.3 is 19.5 Å². The molecule has 0 spiro atoms. The highest BCUT2D eigenvalue weighted by Gasteiger charge is 2.18. The average Bonchev–Trinajstić information content (AvgIpc) is 3.01. The van der Waals surface area contributed by atoms with Crippen LogP contribution in [0.25, 0.3) is 22.2 Å². The highest BCUT2D eigenvalue weighted by Crippen LogP contribution is 2.40. The predicted molar refractivity (Wildman–Crippen MR) is 149 cm³/mol. The number of halogens is 2.